The summed E-state index contributed by atoms with van der Waals surface area (Å²) in [5.74, 6) is -1.91. The number of nitrogens with one attached hydrogen (secondary N) is 1. The highest BCUT2D eigenvalue weighted by Crippen LogP contribution is 2.24. The lowest BCUT2D eigenvalue weighted by atomic mass is 9.96. The third-order valence-electron chi connectivity index (χ3n) is 4.79. The van der Waals surface area contributed by atoms with Crippen molar-refractivity contribution in [2.24, 2.45) is 5.92 Å². The molecular formula is C20H20ClFN2O4S. The zero-order valence-electron chi connectivity index (χ0n) is 15.7. The molecule has 1 unspecified atom stereocenters. The molecule has 1 fully saturated rings. The number of anilines is 1. The van der Waals surface area contributed by atoms with E-state index < -0.39 is 27.5 Å². The van der Waals surface area contributed by atoms with Crippen molar-refractivity contribution in [3.05, 3.63) is 58.9 Å². The Bertz CT molecular complexity index is 1040. The number of piperidine rings is 1. The topological polar surface area (TPSA) is 83.6 Å². The molecule has 29 heavy (non-hydrogen) atoms. The molecule has 0 spiro atoms. The molecule has 1 N–H and O–H groups in total. The summed E-state index contributed by atoms with van der Waals surface area (Å²) in [5.41, 5.74) is 0.279. The predicted octanol–water partition coefficient (Wildman–Crippen LogP) is 3.37. The summed E-state index contributed by atoms with van der Waals surface area (Å²) in [5, 5.41) is 2.99. The standard InChI is InChI=1S/C20H20ClFN2O4S/c1-29(27,28)16-8-9-17(22)18(11-16)23-19(25)14-3-2-10-24(12-14)20(26)13-4-6-15(21)7-5-13/h4-9,11,14H,2-3,10,12H2,1H3,(H,23,25). The fourth-order valence-electron chi connectivity index (χ4n) is 3.22. The van der Waals surface area contributed by atoms with Crippen LogP contribution in [0.3, 0.4) is 0 Å². The first-order chi connectivity index (χ1) is 13.6. The highest BCUT2D eigenvalue weighted by Gasteiger charge is 2.29. The lowest BCUT2D eigenvalue weighted by molar-refractivity contribution is -0.121. The van der Waals surface area contributed by atoms with Crippen molar-refractivity contribution in [1.82, 2.24) is 4.90 Å². The van der Waals surface area contributed by atoms with Crippen molar-refractivity contribution < 1.29 is 22.4 Å². The molecule has 1 saturated heterocycles. The highest BCUT2D eigenvalue weighted by atomic mass is 35.5. The Balaban J connectivity index is 1.72. The van der Waals surface area contributed by atoms with Gasteiger partial charge < -0.3 is 10.2 Å². The molecule has 6 nitrogen and oxygen atoms in total. The zero-order valence-corrected chi connectivity index (χ0v) is 17.3. The Morgan fingerprint density at radius 2 is 1.86 bits per heavy atom. The van der Waals surface area contributed by atoms with Gasteiger partial charge in [0.15, 0.2) is 9.84 Å². The summed E-state index contributed by atoms with van der Waals surface area (Å²) >= 11 is 5.85. The van der Waals surface area contributed by atoms with E-state index in [2.05, 4.69) is 5.32 Å². The molecule has 1 aliphatic rings. The average Bonchev–Trinajstić information content (AvgIpc) is 2.69. The average molecular weight is 439 g/mol. The number of hydrogen-bond donors (Lipinski definition) is 1. The molecule has 2 amide bonds. The summed E-state index contributed by atoms with van der Waals surface area (Å²) in [4.78, 5) is 26.8. The van der Waals surface area contributed by atoms with Gasteiger partial charge in [0.05, 0.1) is 16.5 Å². The molecule has 0 bridgehead atoms. The molecule has 3 rings (SSSR count). The Morgan fingerprint density at radius 3 is 2.52 bits per heavy atom. The monoisotopic (exact) mass is 438 g/mol. The van der Waals surface area contributed by atoms with E-state index in [1.54, 1.807) is 29.2 Å². The van der Waals surface area contributed by atoms with E-state index in [0.717, 1.165) is 24.5 Å². The van der Waals surface area contributed by atoms with Crippen LogP contribution in [0.1, 0.15) is 23.2 Å². The Labute approximate surface area is 173 Å². The molecular weight excluding hydrogens is 419 g/mol. The molecule has 154 valence electrons. The van der Waals surface area contributed by atoms with Crippen molar-refractivity contribution in [1.29, 1.82) is 0 Å². The van der Waals surface area contributed by atoms with Crippen molar-refractivity contribution in [3.8, 4) is 0 Å². The fourth-order valence-corrected chi connectivity index (χ4v) is 3.99. The van der Waals surface area contributed by atoms with Crippen LogP contribution in [0.15, 0.2) is 47.4 Å². The number of halogens is 2. The Hall–Kier alpha value is -2.45. The van der Waals surface area contributed by atoms with Gasteiger partial charge in [-0.3, -0.25) is 9.59 Å². The summed E-state index contributed by atoms with van der Waals surface area (Å²) in [6.45, 7) is 0.712. The van der Waals surface area contributed by atoms with Crippen LogP contribution in [0.5, 0.6) is 0 Å². The fraction of sp³-hybridized carbons (Fsp3) is 0.300. The minimum atomic E-state index is -3.54. The highest BCUT2D eigenvalue weighted by molar-refractivity contribution is 7.90. The molecule has 1 atom stereocenters. The number of likely N-dealkylation sites (tertiary alicyclic amines) is 1. The quantitative estimate of drug-likeness (QED) is 0.742. The van der Waals surface area contributed by atoms with E-state index in [-0.39, 0.29) is 23.0 Å². The van der Waals surface area contributed by atoms with Gasteiger partial charge in [0.2, 0.25) is 5.91 Å². The Kier molecular flexibility index (Phi) is 6.24. The van der Waals surface area contributed by atoms with Gasteiger partial charge in [-0.1, -0.05) is 11.6 Å². The van der Waals surface area contributed by atoms with Gasteiger partial charge in [-0.15, -0.1) is 0 Å². The van der Waals surface area contributed by atoms with Crippen LogP contribution in [-0.4, -0.2) is 44.5 Å². The number of amides is 2. The van der Waals surface area contributed by atoms with Gasteiger partial charge in [-0.25, -0.2) is 12.8 Å². The van der Waals surface area contributed by atoms with Gasteiger partial charge in [-0.2, -0.15) is 0 Å². The van der Waals surface area contributed by atoms with E-state index in [1.165, 1.54) is 0 Å². The first-order valence-electron chi connectivity index (χ1n) is 9.00. The van der Waals surface area contributed by atoms with Crippen molar-refractivity contribution in [2.45, 2.75) is 17.7 Å². The number of benzene rings is 2. The number of rotatable bonds is 4. The molecule has 2 aromatic rings. The lowest BCUT2D eigenvalue weighted by Gasteiger charge is -2.32. The van der Waals surface area contributed by atoms with E-state index >= 15 is 0 Å². The Morgan fingerprint density at radius 1 is 1.17 bits per heavy atom. The molecule has 0 aliphatic carbocycles. The smallest absolute Gasteiger partial charge is 0.253 e. The third kappa shape index (κ3) is 5.13. The van der Waals surface area contributed by atoms with Crippen molar-refractivity contribution in [3.63, 3.8) is 0 Å². The summed E-state index contributed by atoms with van der Waals surface area (Å²) in [6.07, 6.45) is 2.18. The first kappa shape index (κ1) is 21.3. The normalized spacial score (nSPS) is 17.1. The number of carbonyl (C=O) groups is 2. The molecule has 9 heteroatoms. The SMILES string of the molecule is CS(=O)(=O)c1ccc(F)c(NC(=O)C2CCCN(C(=O)c3ccc(Cl)cc3)C2)c1. The van der Waals surface area contributed by atoms with E-state index in [0.29, 0.717) is 30.0 Å². The second kappa shape index (κ2) is 8.51. The van der Waals surface area contributed by atoms with Crippen LogP contribution < -0.4 is 5.32 Å². The van der Waals surface area contributed by atoms with Crippen LogP contribution in [0.2, 0.25) is 5.02 Å². The van der Waals surface area contributed by atoms with Crippen LogP contribution in [0, 0.1) is 11.7 Å². The van der Waals surface area contributed by atoms with Gasteiger partial charge in [-0.05, 0) is 55.3 Å². The number of carbonyl (C=O) groups excluding carboxylic acids is 2. The number of hydrogen-bond acceptors (Lipinski definition) is 4. The maximum atomic E-state index is 14.1. The largest absolute Gasteiger partial charge is 0.338 e. The molecule has 0 radical (unpaired) electrons. The van der Waals surface area contributed by atoms with E-state index in [4.69, 9.17) is 11.6 Å². The molecule has 0 aromatic heterocycles. The first-order valence-corrected chi connectivity index (χ1v) is 11.3. The van der Waals surface area contributed by atoms with E-state index in [1.807, 2.05) is 0 Å². The number of sulfone groups is 1. The van der Waals surface area contributed by atoms with Crippen molar-refractivity contribution >= 4 is 38.9 Å². The molecule has 1 heterocycles. The van der Waals surface area contributed by atoms with E-state index in [9.17, 15) is 22.4 Å². The van der Waals surface area contributed by atoms with Gasteiger partial charge in [0, 0.05) is 29.9 Å². The maximum absolute atomic E-state index is 14.1. The lowest BCUT2D eigenvalue weighted by Crippen LogP contribution is -2.43. The minimum Gasteiger partial charge on any atom is -0.338 e. The number of nitrogens with zero attached hydrogens (tertiary/aromatic N) is 1. The molecule has 2 aromatic carbocycles. The minimum absolute atomic E-state index is 0.0858. The van der Waals surface area contributed by atoms with Crippen LogP contribution in [0.25, 0.3) is 0 Å². The van der Waals surface area contributed by atoms with Crippen molar-refractivity contribution in [2.75, 3.05) is 24.7 Å². The summed E-state index contributed by atoms with van der Waals surface area (Å²) < 4.78 is 37.4. The summed E-state index contributed by atoms with van der Waals surface area (Å²) in [6, 6.07) is 9.75. The predicted molar refractivity (Wildman–Crippen MR) is 108 cm³/mol. The van der Waals surface area contributed by atoms with Crippen LogP contribution in [0.4, 0.5) is 10.1 Å². The van der Waals surface area contributed by atoms with Gasteiger partial charge in [0.25, 0.3) is 5.91 Å². The molecule has 1 aliphatic heterocycles. The summed E-state index contributed by atoms with van der Waals surface area (Å²) in [7, 11) is -3.54. The maximum Gasteiger partial charge on any atom is 0.253 e. The van der Waals surface area contributed by atoms with Gasteiger partial charge in [0.1, 0.15) is 5.82 Å². The van der Waals surface area contributed by atoms with Crippen LogP contribution >= 0.6 is 11.6 Å². The molecule has 0 saturated carbocycles. The zero-order chi connectivity index (χ0) is 21.2. The van der Waals surface area contributed by atoms with Gasteiger partial charge >= 0.3 is 0 Å². The van der Waals surface area contributed by atoms with Crippen LogP contribution in [-0.2, 0) is 14.6 Å². The third-order valence-corrected chi connectivity index (χ3v) is 6.16. The second-order valence-electron chi connectivity index (χ2n) is 7.00. The second-order valence-corrected chi connectivity index (χ2v) is 9.45.